The average molecular weight is 253 g/mol. The van der Waals surface area contributed by atoms with Crippen molar-refractivity contribution in [3.05, 3.63) is 28.3 Å². The molecule has 90 valence electrons. The number of benzene rings is 1. The van der Waals surface area contributed by atoms with Gasteiger partial charge in [0.15, 0.2) is 6.07 Å². The number of aryl methyl sites for hydroxylation is 1. The van der Waals surface area contributed by atoms with Crippen LogP contribution in [0.5, 0.6) is 5.75 Å². The molecule has 0 aromatic heterocycles. The number of carbonyl (C=O) groups is 1. The molecular formula is C12H13ClN2O2. The summed E-state index contributed by atoms with van der Waals surface area (Å²) in [7, 11) is 3.12. The van der Waals surface area contributed by atoms with Crippen LogP contribution in [0.25, 0.3) is 0 Å². The van der Waals surface area contributed by atoms with E-state index in [1.165, 1.54) is 4.90 Å². The van der Waals surface area contributed by atoms with Gasteiger partial charge in [0.25, 0.3) is 0 Å². The van der Waals surface area contributed by atoms with Crippen molar-refractivity contribution in [3.63, 3.8) is 0 Å². The normalized spacial score (nSPS) is 9.59. The summed E-state index contributed by atoms with van der Waals surface area (Å²) in [6.07, 6.45) is 0. The molecule has 0 aliphatic carbocycles. The first-order chi connectivity index (χ1) is 7.99. The zero-order chi connectivity index (χ0) is 13.0. The van der Waals surface area contributed by atoms with E-state index in [1.807, 2.05) is 13.0 Å². The highest BCUT2D eigenvalue weighted by atomic mass is 35.5. The summed E-state index contributed by atoms with van der Waals surface area (Å²) in [5.74, 6) is 0.0264. The first kappa shape index (κ1) is 13.3. The van der Waals surface area contributed by atoms with Gasteiger partial charge in [0.1, 0.15) is 5.75 Å². The molecule has 0 radical (unpaired) electrons. The van der Waals surface area contributed by atoms with E-state index in [2.05, 4.69) is 0 Å². The first-order valence-corrected chi connectivity index (χ1v) is 5.35. The molecule has 0 saturated heterocycles. The number of halogens is 1. The van der Waals surface area contributed by atoms with Crippen molar-refractivity contribution in [2.45, 2.75) is 13.5 Å². The van der Waals surface area contributed by atoms with Gasteiger partial charge in [-0.15, -0.1) is 0 Å². The summed E-state index contributed by atoms with van der Waals surface area (Å²) >= 11 is 6.00. The van der Waals surface area contributed by atoms with E-state index in [9.17, 15) is 4.79 Å². The summed E-state index contributed by atoms with van der Waals surface area (Å²) in [6, 6.07) is 5.13. The lowest BCUT2D eigenvalue weighted by Gasteiger charge is -2.16. The van der Waals surface area contributed by atoms with E-state index in [-0.39, 0.29) is 0 Å². The van der Waals surface area contributed by atoms with Crippen LogP contribution >= 0.6 is 11.6 Å². The molecule has 0 N–H and O–H groups in total. The van der Waals surface area contributed by atoms with Gasteiger partial charge in [0.2, 0.25) is 0 Å². The predicted octanol–water partition coefficient (Wildman–Crippen LogP) is 2.14. The quantitative estimate of drug-likeness (QED) is 0.775. The molecule has 0 heterocycles. The molecule has 1 aromatic rings. The Morgan fingerprint density at radius 2 is 2.24 bits per heavy atom. The molecule has 0 bridgehead atoms. The third-order valence-corrected chi connectivity index (χ3v) is 2.76. The molecular weight excluding hydrogens is 240 g/mol. The molecule has 0 spiro atoms. The summed E-state index contributed by atoms with van der Waals surface area (Å²) in [5, 5.41) is 8.99. The van der Waals surface area contributed by atoms with Crippen molar-refractivity contribution in [3.8, 4) is 11.8 Å². The SMILES string of the molecule is COc1cc(C)c(CN(C)C(=O)C#N)cc1Cl. The fourth-order valence-electron chi connectivity index (χ4n) is 1.44. The van der Waals surface area contributed by atoms with Gasteiger partial charge in [-0.2, -0.15) is 5.26 Å². The molecule has 0 atom stereocenters. The maximum atomic E-state index is 11.1. The summed E-state index contributed by atoms with van der Waals surface area (Å²) in [4.78, 5) is 12.5. The number of carbonyl (C=O) groups excluding carboxylic acids is 1. The molecule has 1 aromatic carbocycles. The Balaban J connectivity index is 2.97. The smallest absolute Gasteiger partial charge is 0.325 e. The summed E-state index contributed by atoms with van der Waals surface area (Å²) < 4.78 is 5.09. The number of nitriles is 1. The Kier molecular flexibility index (Phi) is 4.36. The van der Waals surface area contributed by atoms with Crippen molar-refractivity contribution in [1.29, 1.82) is 5.26 Å². The van der Waals surface area contributed by atoms with Crippen molar-refractivity contribution < 1.29 is 9.53 Å². The molecule has 5 heteroatoms. The highest BCUT2D eigenvalue weighted by molar-refractivity contribution is 6.32. The highest BCUT2D eigenvalue weighted by Crippen LogP contribution is 2.28. The number of hydrogen-bond donors (Lipinski definition) is 0. The Morgan fingerprint density at radius 3 is 2.76 bits per heavy atom. The van der Waals surface area contributed by atoms with E-state index >= 15 is 0 Å². The zero-order valence-electron chi connectivity index (χ0n) is 9.95. The van der Waals surface area contributed by atoms with Crippen LogP contribution in [0.1, 0.15) is 11.1 Å². The number of methoxy groups -OCH3 is 1. The first-order valence-electron chi connectivity index (χ1n) is 4.97. The van der Waals surface area contributed by atoms with Crippen molar-refractivity contribution in [1.82, 2.24) is 4.90 Å². The number of nitrogens with zero attached hydrogens (tertiary/aromatic N) is 2. The molecule has 0 unspecified atom stereocenters. The second-order valence-corrected chi connectivity index (χ2v) is 4.09. The maximum absolute atomic E-state index is 11.1. The largest absolute Gasteiger partial charge is 0.495 e. The fourth-order valence-corrected chi connectivity index (χ4v) is 1.70. The summed E-state index contributed by atoms with van der Waals surface area (Å²) in [5.41, 5.74) is 1.85. The van der Waals surface area contributed by atoms with Gasteiger partial charge in [0, 0.05) is 13.6 Å². The second kappa shape index (κ2) is 5.55. The minimum Gasteiger partial charge on any atom is -0.495 e. The molecule has 1 rings (SSSR count). The van der Waals surface area contributed by atoms with Gasteiger partial charge in [-0.3, -0.25) is 4.79 Å². The topological polar surface area (TPSA) is 53.3 Å². The van der Waals surface area contributed by atoms with Gasteiger partial charge in [-0.05, 0) is 30.2 Å². The highest BCUT2D eigenvalue weighted by Gasteiger charge is 2.11. The molecule has 0 fully saturated rings. The molecule has 4 nitrogen and oxygen atoms in total. The molecule has 0 aliphatic heterocycles. The third kappa shape index (κ3) is 3.11. The van der Waals surface area contributed by atoms with E-state index in [0.29, 0.717) is 17.3 Å². The van der Waals surface area contributed by atoms with E-state index < -0.39 is 5.91 Å². The van der Waals surface area contributed by atoms with Crippen molar-refractivity contribution in [2.75, 3.05) is 14.2 Å². The van der Waals surface area contributed by atoms with Crippen molar-refractivity contribution in [2.24, 2.45) is 0 Å². The van der Waals surface area contributed by atoms with Crippen LogP contribution < -0.4 is 4.74 Å². The maximum Gasteiger partial charge on any atom is 0.325 e. The number of ether oxygens (including phenoxy) is 1. The minimum absolute atomic E-state index is 0.349. The third-order valence-electron chi connectivity index (χ3n) is 2.46. The lowest BCUT2D eigenvalue weighted by molar-refractivity contribution is -0.124. The fraction of sp³-hybridized carbons (Fsp3) is 0.333. The van der Waals surface area contributed by atoms with Gasteiger partial charge < -0.3 is 9.64 Å². The van der Waals surface area contributed by atoms with Gasteiger partial charge in [-0.25, -0.2) is 0 Å². The van der Waals surface area contributed by atoms with Crippen LogP contribution in [0, 0.1) is 18.3 Å². The van der Waals surface area contributed by atoms with Crippen LogP contribution in [-0.2, 0) is 11.3 Å². The molecule has 0 saturated carbocycles. The Bertz CT molecular complexity index is 480. The van der Waals surface area contributed by atoms with Gasteiger partial charge >= 0.3 is 5.91 Å². The van der Waals surface area contributed by atoms with Gasteiger partial charge in [0.05, 0.1) is 12.1 Å². The van der Waals surface area contributed by atoms with Gasteiger partial charge in [-0.1, -0.05) is 11.6 Å². The Morgan fingerprint density at radius 1 is 1.59 bits per heavy atom. The minimum atomic E-state index is -0.573. The molecule has 1 amide bonds. The van der Waals surface area contributed by atoms with Crippen molar-refractivity contribution >= 4 is 17.5 Å². The van der Waals surface area contributed by atoms with Crippen LogP contribution in [-0.4, -0.2) is 25.0 Å². The number of amides is 1. The van der Waals surface area contributed by atoms with E-state index in [0.717, 1.165) is 11.1 Å². The standard InChI is InChI=1S/C12H13ClN2O2/c1-8-4-11(17-3)10(13)5-9(8)7-15(2)12(16)6-14/h4-5H,7H2,1-3H3. The molecule has 0 aliphatic rings. The monoisotopic (exact) mass is 252 g/mol. The number of rotatable bonds is 3. The van der Waals surface area contributed by atoms with Crippen LogP contribution in [0.2, 0.25) is 5.02 Å². The zero-order valence-corrected chi connectivity index (χ0v) is 10.7. The number of hydrogen-bond acceptors (Lipinski definition) is 3. The second-order valence-electron chi connectivity index (χ2n) is 3.69. The Hall–Kier alpha value is -1.73. The lowest BCUT2D eigenvalue weighted by atomic mass is 10.1. The Labute approximate surface area is 105 Å². The van der Waals surface area contributed by atoms with Crippen LogP contribution in [0.15, 0.2) is 12.1 Å². The molecule has 17 heavy (non-hydrogen) atoms. The van der Waals surface area contributed by atoms with E-state index in [4.69, 9.17) is 21.6 Å². The van der Waals surface area contributed by atoms with Crippen LogP contribution in [0.3, 0.4) is 0 Å². The van der Waals surface area contributed by atoms with E-state index in [1.54, 1.807) is 26.3 Å². The lowest BCUT2D eigenvalue weighted by Crippen LogP contribution is -2.24. The van der Waals surface area contributed by atoms with Crippen LogP contribution in [0.4, 0.5) is 0 Å². The average Bonchev–Trinajstić information content (AvgIpc) is 2.32. The predicted molar refractivity (Wildman–Crippen MR) is 64.8 cm³/mol. The summed E-state index contributed by atoms with van der Waals surface area (Å²) in [6.45, 7) is 2.25.